The summed E-state index contributed by atoms with van der Waals surface area (Å²) in [7, 11) is 1.64. The summed E-state index contributed by atoms with van der Waals surface area (Å²) in [4.78, 5) is 25.2. The Balaban J connectivity index is 2.45. The first-order valence-corrected chi connectivity index (χ1v) is 5.69. The molecule has 6 nitrogen and oxygen atoms in total. The maximum atomic E-state index is 12.4. The van der Waals surface area contributed by atoms with E-state index in [0.717, 1.165) is 4.90 Å². The molecule has 2 amide bonds. The Hall–Kier alpha value is -2.63. The molecule has 1 aromatic heterocycles. The Morgan fingerprint density at radius 2 is 2.05 bits per heavy atom. The van der Waals surface area contributed by atoms with Crippen molar-refractivity contribution >= 4 is 23.2 Å². The number of nitrogen functional groups attached to an aromatic ring is 1. The summed E-state index contributed by atoms with van der Waals surface area (Å²) in [5, 5.41) is 3.92. The van der Waals surface area contributed by atoms with Crippen molar-refractivity contribution in [1.82, 2.24) is 9.78 Å². The minimum atomic E-state index is -0.432. The standard InChI is InChI=1S/C13H14N4O2/c1-9(18)17(11-5-3-4-10(14)8-11)13(19)12-6-7-15-16(12)2/h3-8H,14H2,1-2H3. The lowest BCUT2D eigenvalue weighted by Crippen LogP contribution is -2.36. The Kier molecular flexibility index (Phi) is 3.33. The van der Waals surface area contributed by atoms with Crippen LogP contribution in [0.3, 0.4) is 0 Å². The fraction of sp³-hybridized carbons (Fsp3) is 0.154. The zero-order valence-corrected chi connectivity index (χ0v) is 10.7. The highest BCUT2D eigenvalue weighted by Gasteiger charge is 2.24. The van der Waals surface area contributed by atoms with Crippen LogP contribution in [0.1, 0.15) is 17.4 Å². The maximum Gasteiger partial charge on any atom is 0.283 e. The molecule has 6 heteroatoms. The first-order valence-electron chi connectivity index (χ1n) is 5.69. The summed E-state index contributed by atoms with van der Waals surface area (Å²) in [6.45, 7) is 1.33. The first-order chi connectivity index (χ1) is 9.00. The van der Waals surface area contributed by atoms with Gasteiger partial charge in [0.25, 0.3) is 5.91 Å². The normalized spacial score (nSPS) is 10.2. The molecule has 0 atom stereocenters. The van der Waals surface area contributed by atoms with Gasteiger partial charge in [-0.15, -0.1) is 0 Å². The Morgan fingerprint density at radius 3 is 2.58 bits per heavy atom. The predicted molar refractivity (Wildman–Crippen MR) is 71.6 cm³/mol. The third-order valence-electron chi connectivity index (χ3n) is 2.69. The van der Waals surface area contributed by atoms with Gasteiger partial charge < -0.3 is 5.73 Å². The number of nitrogens with zero attached hydrogens (tertiary/aromatic N) is 3. The van der Waals surface area contributed by atoms with E-state index < -0.39 is 5.91 Å². The average Bonchev–Trinajstić information content (AvgIpc) is 2.75. The number of carbonyl (C=O) groups excluding carboxylic acids is 2. The zero-order chi connectivity index (χ0) is 14.0. The number of nitrogens with two attached hydrogens (primary N) is 1. The lowest BCUT2D eigenvalue weighted by atomic mass is 10.2. The van der Waals surface area contributed by atoms with Crippen molar-refractivity contribution in [3.05, 3.63) is 42.2 Å². The van der Waals surface area contributed by atoms with Crippen molar-refractivity contribution < 1.29 is 9.59 Å². The van der Waals surface area contributed by atoms with Crippen LogP contribution in [0.15, 0.2) is 36.5 Å². The van der Waals surface area contributed by atoms with Gasteiger partial charge in [-0.3, -0.25) is 14.3 Å². The smallest absolute Gasteiger partial charge is 0.283 e. The summed E-state index contributed by atoms with van der Waals surface area (Å²) in [5.41, 5.74) is 6.94. The number of carbonyl (C=O) groups is 2. The van der Waals surface area contributed by atoms with Crippen molar-refractivity contribution in [3.8, 4) is 0 Å². The fourth-order valence-electron chi connectivity index (χ4n) is 1.80. The number of hydrogen-bond donors (Lipinski definition) is 1. The zero-order valence-electron chi connectivity index (χ0n) is 10.7. The highest BCUT2D eigenvalue weighted by Crippen LogP contribution is 2.20. The van der Waals surface area contributed by atoms with E-state index in [4.69, 9.17) is 5.73 Å². The molecule has 98 valence electrons. The molecule has 0 saturated carbocycles. The molecular formula is C13H14N4O2. The number of aryl methyl sites for hydroxylation is 1. The van der Waals surface area contributed by atoms with Crippen molar-refractivity contribution in [2.45, 2.75) is 6.92 Å². The van der Waals surface area contributed by atoms with Crippen LogP contribution in [0.25, 0.3) is 0 Å². The topological polar surface area (TPSA) is 81.2 Å². The van der Waals surface area contributed by atoms with Gasteiger partial charge in [-0.25, -0.2) is 4.90 Å². The highest BCUT2D eigenvalue weighted by atomic mass is 16.2. The second-order valence-electron chi connectivity index (χ2n) is 4.09. The van der Waals surface area contributed by atoms with E-state index in [2.05, 4.69) is 5.10 Å². The van der Waals surface area contributed by atoms with Gasteiger partial charge in [-0.2, -0.15) is 5.10 Å². The van der Waals surface area contributed by atoms with E-state index in [1.807, 2.05) is 0 Å². The van der Waals surface area contributed by atoms with E-state index in [0.29, 0.717) is 17.1 Å². The van der Waals surface area contributed by atoms with Gasteiger partial charge in [-0.05, 0) is 24.3 Å². The Morgan fingerprint density at radius 1 is 1.32 bits per heavy atom. The SMILES string of the molecule is CC(=O)N(C(=O)c1ccnn1C)c1cccc(N)c1. The molecule has 19 heavy (non-hydrogen) atoms. The molecule has 0 fully saturated rings. The molecule has 0 aliphatic heterocycles. The van der Waals surface area contributed by atoms with Crippen molar-refractivity contribution in [3.63, 3.8) is 0 Å². The summed E-state index contributed by atoms with van der Waals surface area (Å²) in [6, 6.07) is 8.18. The Labute approximate surface area is 110 Å². The third-order valence-corrected chi connectivity index (χ3v) is 2.69. The van der Waals surface area contributed by atoms with Gasteiger partial charge in [0.05, 0.1) is 5.69 Å². The van der Waals surface area contributed by atoms with Crippen LogP contribution in [0.4, 0.5) is 11.4 Å². The highest BCUT2D eigenvalue weighted by molar-refractivity contribution is 6.20. The second kappa shape index (κ2) is 4.93. The summed E-state index contributed by atoms with van der Waals surface area (Å²) in [6.07, 6.45) is 1.50. The quantitative estimate of drug-likeness (QED) is 0.820. The summed E-state index contributed by atoms with van der Waals surface area (Å²) in [5.74, 6) is -0.810. The summed E-state index contributed by atoms with van der Waals surface area (Å²) < 4.78 is 1.42. The predicted octanol–water partition coefficient (Wildman–Crippen LogP) is 1.20. The van der Waals surface area contributed by atoms with Crippen LogP contribution >= 0.6 is 0 Å². The van der Waals surface area contributed by atoms with Crippen molar-refractivity contribution in [2.24, 2.45) is 7.05 Å². The molecule has 0 radical (unpaired) electrons. The van der Waals surface area contributed by atoms with E-state index in [1.54, 1.807) is 37.4 Å². The lowest BCUT2D eigenvalue weighted by Gasteiger charge is -2.19. The molecule has 2 rings (SSSR count). The Bertz CT molecular complexity index is 633. The molecule has 0 aliphatic carbocycles. The molecule has 1 heterocycles. The van der Waals surface area contributed by atoms with Crippen LogP contribution in [-0.2, 0) is 11.8 Å². The number of anilines is 2. The molecule has 1 aromatic carbocycles. The summed E-state index contributed by atoms with van der Waals surface area (Å²) >= 11 is 0. The average molecular weight is 258 g/mol. The van der Waals surface area contributed by atoms with Gasteiger partial charge in [0, 0.05) is 25.9 Å². The number of imide groups is 1. The number of hydrogen-bond acceptors (Lipinski definition) is 4. The fourth-order valence-corrected chi connectivity index (χ4v) is 1.80. The van der Waals surface area contributed by atoms with Crippen molar-refractivity contribution in [2.75, 3.05) is 10.6 Å². The van der Waals surface area contributed by atoms with E-state index in [1.165, 1.54) is 17.8 Å². The number of rotatable bonds is 2. The van der Waals surface area contributed by atoms with Crippen LogP contribution in [0.2, 0.25) is 0 Å². The van der Waals surface area contributed by atoms with E-state index in [9.17, 15) is 9.59 Å². The number of amides is 2. The van der Waals surface area contributed by atoms with E-state index >= 15 is 0 Å². The minimum absolute atomic E-state index is 0.331. The molecule has 0 spiro atoms. The lowest BCUT2D eigenvalue weighted by molar-refractivity contribution is -0.115. The molecular weight excluding hydrogens is 244 g/mol. The number of benzene rings is 1. The van der Waals surface area contributed by atoms with Gasteiger partial charge in [-0.1, -0.05) is 6.07 Å². The molecule has 2 N–H and O–H groups in total. The second-order valence-corrected chi connectivity index (χ2v) is 4.09. The molecule has 0 bridgehead atoms. The maximum absolute atomic E-state index is 12.4. The van der Waals surface area contributed by atoms with E-state index in [-0.39, 0.29) is 5.91 Å². The van der Waals surface area contributed by atoms with Gasteiger partial charge in [0.1, 0.15) is 5.69 Å². The first kappa shape index (κ1) is 12.8. The molecule has 0 aliphatic rings. The van der Waals surface area contributed by atoms with Crippen LogP contribution in [0, 0.1) is 0 Å². The largest absolute Gasteiger partial charge is 0.399 e. The number of aromatic nitrogens is 2. The van der Waals surface area contributed by atoms with Crippen LogP contribution < -0.4 is 10.6 Å². The molecule has 2 aromatic rings. The van der Waals surface area contributed by atoms with Crippen molar-refractivity contribution in [1.29, 1.82) is 0 Å². The minimum Gasteiger partial charge on any atom is -0.399 e. The van der Waals surface area contributed by atoms with Crippen LogP contribution in [-0.4, -0.2) is 21.6 Å². The van der Waals surface area contributed by atoms with Gasteiger partial charge >= 0.3 is 0 Å². The van der Waals surface area contributed by atoms with Gasteiger partial charge in [0.15, 0.2) is 0 Å². The monoisotopic (exact) mass is 258 g/mol. The molecule has 0 saturated heterocycles. The van der Waals surface area contributed by atoms with Gasteiger partial charge in [0.2, 0.25) is 5.91 Å². The third kappa shape index (κ3) is 2.47. The van der Waals surface area contributed by atoms with Crippen LogP contribution in [0.5, 0.6) is 0 Å². The molecule has 0 unspecified atom stereocenters.